The largest absolute Gasteiger partial charge is 0.495 e. The van der Waals surface area contributed by atoms with E-state index >= 15 is 0 Å². The molecule has 0 bridgehead atoms. The molecule has 0 saturated carbocycles. The van der Waals surface area contributed by atoms with E-state index in [0.717, 1.165) is 0 Å². The summed E-state index contributed by atoms with van der Waals surface area (Å²) in [4.78, 5) is 22.6. The molecule has 2 aromatic rings. The maximum Gasteiger partial charge on any atom is 0.270 e. The van der Waals surface area contributed by atoms with Gasteiger partial charge in [-0.1, -0.05) is 23.7 Å². The van der Waals surface area contributed by atoms with Crippen LogP contribution in [0.15, 0.2) is 48.0 Å². The van der Waals surface area contributed by atoms with E-state index in [9.17, 15) is 20.2 Å². The topological polar surface area (TPSA) is 105 Å². The first-order chi connectivity index (χ1) is 12.0. The molecule has 2 rings (SSSR count). The van der Waals surface area contributed by atoms with Crippen LogP contribution in [0.3, 0.4) is 0 Å². The molecule has 25 heavy (non-hydrogen) atoms. The summed E-state index contributed by atoms with van der Waals surface area (Å²) in [5.74, 6) is -0.254. The number of para-hydroxylation sites is 2. The van der Waals surface area contributed by atoms with Crippen LogP contribution in [0.5, 0.6) is 5.75 Å². The Kier molecular flexibility index (Phi) is 5.71. The molecule has 0 aliphatic rings. The van der Waals surface area contributed by atoms with Crippen LogP contribution in [0, 0.1) is 21.4 Å². The third-order valence-corrected chi connectivity index (χ3v) is 3.55. The Hall–Kier alpha value is -3.37. The number of rotatable bonds is 5. The minimum Gasteiger partial charge on any atom is -0.495 e. The zero-order chi connectivity index (χ0) is 18.4. The smallest absolute Gasteiger partial charge is 0.270 e. The molecule has 0 aliphatic carbocycles. The average Bonchev–Trinajstić information content (AvgIpc) is 2.61. The van der Waals surface area contributed by atoms with Gasteiger partial charge in [0.2, 0.25) is 0 Å². The molecule has 2 aromatic carbocycles. The number of nitro benzene ring substituents is 1. The van der Waals surface area contributed by atoms with Gasteiger partial charge in [0.1, 0.15) is 17.4 Å². The van der Waals surface area contributed by atoms with Crippen LogP contribution in [-0.4, -0.2) is 17.9 Å². The van der Waals surface area contributed by atoms with E-state index < -0.39 is 10.8 Å². The number of carbonyl (C=O) groups excluding carboxylic acids is 1. The van der Waals surface area contributed by atoms with Crippen molar-refractivity contribution in [1.29, 1.82) is 5.26 Å². The van der Waals surface area contributed by atoms with Gasteiger partial charge in [0.15, 0.2) is 0 Å². The Morgan fingerprint density at radius 2 is 2.08 bits per heavy atom. The molecule has 0 aliphatic heterocycles. The average molecular weight is 358 g/mol. The number of nitro groups is 1. The summed E-state index contributed by atoms with van der Waals surface area (Å²) >= 11 is 5.99. The lowest BCUT2D eigenvalue weighted by Gasteiger charge is -2.09. The highest BCUT2D eigenvalue weighted by Crippen LogP contribution is 2.26. The summed E-state index contributed by atoms with van der Waals surface area (Å²) in [6, 6.07) is 12.2. The van der Waals surface area contributed by atoms with Gasteiger partial charge in [0.05, 0.1) is 17.7 Å². The van der Waals surface area contributed by atoms with Gasteiger partial charge >= 0.3 is 0 Å². The van der Waals surface area contributed by atoms with Gasteiger partial charge in [-0.3, -0.25) is 14.9 Å². The number of carbonyl (C=O) groups is 1. The normalized spacial score (nSPS) is 10.7. The number of nitriles is 1. The molecule has 126 valence electrons. The third-order valence-electron chi connectivity index (χ3n) is 3.21. The summed E-state index contributed by atoms with van der Waals surface area (Å²) < 4.78 is 5.13. The van der Waals surface area contributed by atoms with Crippen LogP contribution in [0.25, 0.3) is 6.08 Å². The number of hydrogen-bond donors (Lipinski definition) is 1. The Morgan fingerprint density at radius 1 is 1.36 bits per heavy atom. The number of amides is 1. The van der Waals surface area contributed by atoms with Crippen molar-refractivity contribution in [3.63, 3.8) is 0 Å². The van der Waals surface area contributed by atoms with Crippen molar-refractivity contribution < 1.29 is 14.5 Å². The highest BCUT2D eigenvalue weighted by molar-refractivity contribution is 6.32. The van der Waals surface area contributed by atoms with E-state index in [1.165, 1.54) is 31.4 Å². The van der Waals surface area contributed by atoms with E-state index in [1.807, 2.05) is 0 Å². The molecule has 0 saturated heterocycles. The predicted molar refractivity (Wildman–Crippen MR) is 93.3 cm³/mol. The molecular weight excluding hydrogens is 346 g/mol. The molecule has 7 nitrogen and oxygen atoms in total. The number of benzene rings is 2. The first kappa shape index (κ1) is 18.0. The molecular formula is C17H12ClN3O4. The Bertz CT molecular complexity index is 903. The quantitative estimate of drug-likeness (QED) is 0.379. The molecule has 1 N–H and O–H groups in total. The molecule has 0 heterocycles. The van der Waals surface area contributed by atoms with Crippen molar-refractivity contribution >= 4 is 35.0 Å². The van der Waals surface area contributed by atoms with Crippen LogP contribution < -0.4 is 10.1 Å². The fraction of sp³-hybridized carbons (Fsp3) is 0.0588. The van der Waals surface area contributed by atoms with E-state index in [-0.39, 0.29) is 21.8 Å². The summed E-state index contributed by atoms with van der Waals surface area (Å²) in [5.41, 5.74) is 0.135. The van der Waals surface area contributed by atoms with Gasteiger partial charge in [-0.05, 0) is 24.3 Å². The Morgan fingerprint density at radius 3 is 2.72 bits per heavy atom. The fourth-order valence-corrected chi connectivity index (χ4v) is 2.17. The molecule has 0 spiro atoms. The number of non-ortho nitro benzene ring substituents is 1. The number of methoxy groups -OCH3 is 1. The van der Waals surface area contributed by atoms with Gasteiger partial charge in [-0.15, -0.1) is 0 Å². The van der Waals surface area contributed by atoms with E-state index in [2.05, 4.69) is 5.32 Å². The van der Waals surface area contributed by atoms with Crippen LogP contribution >= 0.6 is 11.6 Å². The molecule has 1 amide bonds. The molecule has 0 aromatic heterocycles. The van der Waals surface area contributed by atoms with Crippen LogP contribution in [0.1, 0.15) is 5.56 Å². The Balaban J connectivity index is 2.34. The zero-order valence-corrected chi connectivity index (χ0v) is 13.8. The second-order valence-corrected chi connectivity index (χ2v) is 5.19. The van der Waals surface area contributed by atoms with E-state index in [0.29, 0.717) is 11.4 Å². The third kappa shape index (κ3) is 4.34. The molecule has 0 unspecified atom stereocenters. The van der Waals surface area contributed by atoms with Gasteiger partial charge < -0.3 is 10.1 Å². The van der Waals surface area contributed by atoms with Gasteiger partial charge in [0, 0.05) is 22.7 Å². The maximum atomic E-state index is 12.3. The minimum absolute atomic E-state index is 0.184. The summed E-state index contributed by atoms with van der Waals surface area (Å²) in [5, 5.41) is 22.8. The SMILES string of the molecule is COc1ccccc1NC(=O)/C(C#N)=C\c1cc([N+](=O)[O-])ccc1Cl. The summed E-state index contributed by atoms with van der Waals surface area (Å²) in [6.07, 6.45) is 1.19. The number of nitrogens with one attached hydrogen (secondary N) is 1. The lowest BCUT2D eigenvalue weighted by molar-refractivity contribution is -0.384. The lowest BCUT2D eigenvalue weighted by atomic mass is 10.1. The van der Waals surface area contributed by atoms with Gasteiger partial charge in [0.25, 0.3) is 11.6 Å². The number of halogens is 1. The number of ether oxygens (including phenoxy) is 1. The maximum absolute atomic E-state index is 12.3. The number of anilines is 1. The first-order valence-electron chi connectivity index (χ1n) is 6.96. The molecule has 0 fully saturated rings. The van der Waals surface area contributed by atoms with Crippen LogP contribution in [-0.2, 0) is 4.79 Å². The summed E-state index contributed by atoms with van der Waals surface area (Å²) in [6.45, 7) is 0. The predicted octanol–water partition coefficient (Wildman–Crippen LogP) is 3.80. The standard InChI is InChI=1S/C17H12ClN3O4/c1-25-16-5-3-2-4-15(16)20-17(22)12(10-19)8-11-9-13(21(23)24)6-7-14(11)18/h2-9H,1H3,(H,20,22)/b12-8-. The van der Waals surface area contributed by atoms with Gasteiger partial charge in [-0.25, -0.2) is 0 Å². The van der Waals surface area contributed by atoms with Crippen molar-refractivity contribution in [2.24, 2.45) is 0 Å². The van der Waals surface area contributed by atoms with Crippen molar-refractivity contribution in [1.82, 2.24) is 0 Å². The zero-order valence-electron chi connectivity index (χ0n) is 13.0. The second kappa shape index (κ2) is 7.95. The number of hydrogen-bond acceptors (Lipinski definition) is 5. The fourth-order valence-electron chi connectivity index (χ4n) is 2.00. The first-order valence-corrected chi connectivity index (χ1v) is 7.34. The van der Waals surface area contributed by atoms with E-state index in [1.54, 1.807) is 30.3 Å². The summed E-state index contributed by atoms with van der Waals surface area (Å²) in [7, 11) is 1.45. The highest BCUT2D eigenvalue weighted by atomic mass is 35.5. The second-order valence-electron chi connectivity index (χ2n) is 4.79. The Labute approximate surface area is 148 Å². The van der Waals surface area contributed by atoms with Crippen LogP contribution in [0.2, 0.25) is 5.02 Å². The van der Waals surface area contributed by atoms with Crippen molar-refractivity contribution in [2.75, 3.05) is 12.4 Å². The minimum atomic E-state index is -0.686. The monoisotopic (exact) mass is 357 g/mol. The van der Waals surface area contributed by atoms with Crippen LogP contribution in [0.4, 0.5) is 11.4 Å². The molecule has 8 heteroatoms. The molecule has 0 atom stereocenters. The van der Waals surface area contributed by atoms with Crippen molar-refractivity contribution in [2.45, 2.75) is 0 Å². The molecule has 0 radical (unpaired) electrons. The number of nitrogens with zero attached hydrogens (tertiary/aromatic N) is 2. The lowest BCUT2D eigenvalue weighted by Crippen LogP contribution is -2.14. The van der Waals surface area contributed by atoms with E-state index in [4.69, 9.17) is 16.3 Å². The van der Waals surface area contributed by atoms with Crippen molar-refractivity contribution in [3.05, 3.63) is 68.7 Å². The van der Waals surface area contributed by atoms with Gasteiger partial charge in [-0.2, -0.15) is 5.26 Å². The van der Waals surface area contributed by atoms with Crippen molar-refractivity contribution in [3.8, 4) is 11.8 Å². The highest BCUT2D eigenvalue weighted by Gasteiger charge is 2.14.